The van der Waals surface area contributed by atoms with Crippen molar-refractivity contribution in [3.05, 3.63) is 17.1 Å². The minimum absolute atomic E-state index is 0.0273. The average Bonchev–Trinajstić information content (AvgIpc) is 2.50. The fourth-order valence-electron chi connectivity index (χ4n) is 3.29. The molecule has 0 radical (unpaired) electrons. The normalized spacial score (nSPS) is 20.6. The molecule has 1 aromatic heterocycles. The molecule has 1 fully saturated rings. The molecule has 2 N–H and O–H groups in total. The van der Waals surface area contributed by atoms with Crippen LogP contribution >= 0.6 is 0 Å². The Bertz CT molecular complexity index is 623. The van der Waals surface area contributed by atoms with Gasteiger partial charge in [0.05, 0.1) is 0 Å². The van der Waals surface area contributed by atoms with E-state index in [1.54, 1.807) is 0 Å². The maximum atomic E-state index is 13.3. The molecule has 0 bridgehead atoms. The van der Waals surface area contributed by atoms with E-state index in [1.165, 1.54) is 0 Å². The molecule has 7 heteroatoms. The molecule has 0 spiro atoms. The Morgan fingerprint density at radius 3 is 2.67 bits per heavy atom. The number of nitrogens with one attached hydrogen (secondary N) is 2. The van der Waals surface area contributed by atoms with Gasteiger partial charge >= 0.3 is 0 Å². The number of halogens is 2. The van der Waals surface area contributed by atoms with Crippen LogP contribution < -0.4 is 10.6 Å². The molecule has 132 valence electrons. The number of alkyl halides is 2. The fraction of sp³-hybridized carbons (Fsp3) is 0.706. The van der Waals surface area contributed by atoms with Gasteiger partial charge < -0.3 is 10.6 Å². The molecule has 0 atom stereocenters. The van der Waals surface area contributed by atoms with Gasteiger partial charge in [0, 0.05) is 37.4 Å². The topological polar surface area (TPSA) is 66.9 Å². The Kier molecular flexibility index (Phi) is 4.69. The van der Waals surface area contributed by atoms with Gasteiger partial charge in [0.2, 0.25) is 5.92 Å². The van der Waals surface area contributed by atoms with E-state index in [9.17, 15) is 13.6 Å². The summed E-state index contributed by atoms with van der Waals surface area (Å²) in [6.45, 7) is 4.69. The summed E-state index contributed by atoms with van der Waals surface area (Å²) in [5.74, 6) is -1.07. The van der Waals surface area contributed by atoms with E-state index >= 15 is 0 Å². The number of aromatic nitrogens is 2. The van der Waals surface area contributed by atoms with Crippen molar-refractivity contribution in [3.63, 3.8) is 0 Å². The van der Waals surface area contributed by atoms with Crippen LogP contribution in [0, 0.1) is 5.92 Å². The van der Waals surface area contributed by atoms with Crippen molar-refractivity contribution in [2.75, 3.05) is 11.9 Å². The van der Waals surface area contributed by atoms with Crippen molar-refractivity contribution in [2.45, 2.75) is 64.3 Å². The van der Waals surface area contributed by atoms with Crippen LogP contribution in [0.2, 0.25) is 0 Å². The summed E-state index contributed by atoms with van der Waals surface area (Å²) in [5.41, 5.74) is 1.24. The lowest BCUT2D eigenvalue weighted by Gasteiger charge is -2.30. The Balaban J connectivity index is 1.85. The summed E-state index contributed by atoms with van der Waals surface area (Å²) in [5, 5.41) is 6.12. The summed E-state index contributed by atoms with van der Waals surface area (Å²) in [4.78, 5) is 21.2. The van der Waals surface area contributed by atoms with Crippen molar-refractivity contribution < 1.29 is 13.6 Å². The second kappa shape index (κ2) is 6.61. The number of amides is 1. The largest absolute Gasteiger partial charge is 0.367 e. The van der Waals surface area contributed by atoms with Crippen molar-refractivity contribution in [1.82, 2.24) is 15.3 Å². The van der Waals surface area contributed by atoms with Crippen LogP contribution in [0.1, 0.15) is 61.4 Å². The Morgan fingerprint density at radius 2 is 2.00 bits per heavy atom. The Morgan fingerprint density at radius 1 is 1.29 bits per heavy atom. The highest BCUT2D eigenvalue weighted by Gasteiger charge is 2.35. The van der Waals surface area contributed by atoms with Gasteiger partial charge in [-0.2, -0.15) is 0 Å². The van der Waals surface area contributed by atoms with Crippen LogP contribution in [0.15, 0.2) is 0 Å². The summed E-state index contributed by atoms with van der Waals surface area (Å²) < 4.78 is 26.7. The molecule has 0 saturated heterocycles. The predicted octanol–water partition coefficient (Wildman–Crippen LogP) is 2.95. The molecule has 5 nitrogen and oxygen atoms in total. The number of nitrogens with zero attached hydrogens (tertiary/aromatic N) is 2. The lowest BCUT2D eigenvalue weighted by Crippen LogP contribution is -2.36. The number of carbonyl (C=O) groups excluding carboxylic acids is 1. The lowest BCUT2D eigenvalue weighted by molar-refractivity contribution is -0.0361. The number of hydrogen-bond donors (Lipinski definition) is 2. The maximum absolute atomic E-state index is 13.3. The van der Waals surface area contributed by atoms with Crippen LogP contribution in [0.5, 0.6) is 0 Å². The third-order valence-corrected chi connectivity index (χ3v) is 4.58. The van der Waals surface area contributed by atoms with Crippen LogP contribution in [0.25, 0.3) is 0 Å². The molecule has 1 aliphatic heterocycles. The van der Waals surface area contributed by atoms with E-state index in [-0.39, 0.29) is 24.8 Å². The summed E-state index contributed by atoms with van der Waals surface area (Å²) in [6.07, 6.45) is 1.97. The van der Waals surface area contributed by atoms with E-state index in [4.69, 9.17) is 0 Å². The van der Waals surface area contributed by atoms with E-state index in [0.29, 0.717) is 55.5 Å². The second-order valence-corrected chi connectivity index (χ2v) is 7.19. The van der Waals surface area contributed by atoms with Gasteiger partial charge in [0.1, 0.15) is 17.3 Å². The molecule has 1 aliphatic carbocycles. The van der Waals surface area contributed by atoms with Gasteiger partial charge in [-0.1, -0.05) is 13.8 Å². The number of anilines is 1. The maximum Gasteiger partial charge on any atom is 0.270 e. The van der Waals surface area contributed by atoms with Crippen LogP contribution in [-0.2, 0) is 12.8 Å². The van der Waals surface area contributed by atoms with E-state index in [2.05, 4.69) is 34.4 Å². The smallest absolute Gasteiger partial charge is 0.270 e. The predicted molar refractivity (Wildman–Crippen MR) is 87.4 cm³/mol. The molecular formula is C17H24F2N4O. The zero-order valence-corrected chi connectivity index (χ0v) is 14.2. The van der Waals surface area contributed by atoms with Gasteiger partial charge in [-0.3, -0.25) is 4.79 Å². The highest BCUT2D eigenvalue weighted by Crippen LogP contribution is 2.34. The van der Waals surface area contributed by atoms with E-state index < -0.39 is 5.92 Å². The minimum atomic E-state index is -2.55. The number of hydrogen-bond acceptors (Lipinski definition) is 4. The van der Waals surface area contributed by atoms with Gasteiger partial charge in [0.25, 0.3) is 5.91 Å². The molecule has 1 aromatic rings. The molecule has 0 unspecified atom stereocenters. The lowest BCUT2D eigenvalue weighted by atomic mass is 9.92. The Labute approximate surface area is 140 Å². The first-order chi connectivity index (χ1) is 11.3. The van der Waals surface area contributed by atoms with E-state index in [0.717, 1.165) is 5.56 Å². The SMILES string of the molecule is CC(C)Cc1nc(NC2CCC(F)(F)CC2)c2c(n1)C(=O)NCC2. The monoisotopic (exact) mass is 338 g/mol. The standard InChI is InChI=1S/C17H24F2N4O/c1-10(2)9-13-22-14-12(5-8-20-16(14)24)15(23-13)21-11-3-6-17(18,19)7-4-11/h10-11H,3-9H2,1-2H3,(H,20,24)(H,21,22,23). The highest BCUT2D eigenvalue weighted by atomic mass is 19.3. The van der Waals surface area contributed by atoms with Crippen LogP contribution in [0.4, 0.5) is 14.6 Å². The van der Waals surface area contributed by atoms with Crippen LogP contribution in [0.3, 0.4) is 0 Å². The second-order valence-electron chi connectivity index (χ2n) is 7.19. The molecule has 1 saturated carbocycles. The van der Waals surface area contributed by atoms with Crippen molar-refractivity contribution >= 4 is 11.7 Å². The molecule has 1 amide bonds. The fourth-order valence-corrected chi connectivity index (χ4v) is 3.29. The molecular weight excluding hydrogens is 314 g/mol. The summed E-state index contributed by atoms with van der Waals surface area (Å²) in [7, 11) is 0. The first-order valence-electron chi connectivity index (χ1n) is 8.66. The van der Waals surface area contributed by atoms with Gasteiger partial charge in [-0.05, 0) is 25.2 Å². The van der Waals surface area contributed by atoms with Gasteiger partial charge in [-0.25, -0.2) is 18.7 Å². The molecule has 0 aromatic carbocycles. The van der Waals surface area contributed by atoms with Crippen molar-refractivity contribution in [2.24, 2.45) is 5.92 Å². The highest BCUT2D eigenvalue weighted by molar-refractivity contribution is 5.96. The molecule has 24 heavy (non-hydrogen) atoms. The van der Waals surface area contributed by atoms with Crippen molar-refractivity contribution in [1.29, 1.82) is 0 Å². The third-order valence-electron chi connectivity index (χ3n) is 4.58. The molecule has 2 heterocycles. The first-order valence-corrected chi connectivity index (χ1v) is 8.66. The Hall–Kier alpha value is -1.79. The minimum Gasteiger partial charge on any atom is -0.367 e. The summed E-state index contributed by atoms with van der Waals surface area (Å²) >= 11 is 0. The number of carbonyl (C=O) groups is 1. The molecule has 3 rings (SSSR count). The number of fused-ring (bicyclic) bond motifs is 1. The molecule has 2 aliphatic rings. The number of rotatable bonds is 4. The van der Waals surface area contributed by atoms with E-state index in [1.807, 2.05) is 0 Å². The van der Waals surface area contributed by atoms with Gasteiger partial charge in [0.15, 0.2) is 0 Å². The average molecular weight is 338 g/mol. The summed E-state index contributed by atoms with van der Waals surface area (Å²) in [6, 6.07) is -0.0273. The zero-order valence-electron chi connectivity index (χ0n) is 14.2. The first kappa shape index (κ1) is 17.0. The van der Waals surface area contributed by atoms with Crippen LogP contribution in [-0.4, -0.2) is 34.4 Å². The van der Waals surface area contributed by atoms with Gasteiger partial charge in [-0.15, -0.1) is 0 Å². The zero-order chi connectivity index (χ0) is 17.3. The third kappa shape index (κ3) is 3.82. The van der Waals surface area contributed by atoms with Crippen molar-refractivity contribution in [3.8, 4) is 0 Å². The quantitative estimate of drug-likeness (QED) is 0.886.